The number of carboxylic acids is 1. The number of carbonyl (C=O) groups excluding carboxylic acids is 3. The van der Waals surface area contributed by atoms with Crippen LogP contribution in [0.3, 0.4) is 0 Å². The van der Waals surface area contributed by atoms with Crippen LogP contribution < -0.4 is 10.6 Å². The Balaban J connectivity index is 0.000000316. The number of carboxylic acid groups (broad SMARTS) is 1. The highest BCUT2D eigenvalue weighted by atomic mass is 16.7. The average Bonchev–Trinajstić information content (AvgIpc) is 3.48. The van der Waals surface area contributed by atoms with Crippen LogP contribution in [0.2, 0.25) is 0 Å². The monoisotopic (exact) mass is 445 g/mol. The van der Waals surface area contributed by atoms with Gasteiger partial charge in [0.15, 0.2) is 0 Å². The maximum absolute atomic E-state index is 11.9. The highest BCUT2D eigenvalue weighted by Crippen LogP contribution is 2.37. The van der Waals surface area contributed by atoms with E-state index in [4.69, 9.17) is 19.4 Å². The molecule has 0 aromatic carbocycles. The molecule has 0 aromatic heterocycles. The molecule has 0 aromatic rings. The highest BCUT2D eigenvalue weighted by Gasteiger charge is 2.54. The van der Waals surface area contributed by atoms with Gasteiger partial charge >= 0.3 is 18.2 Å². The first kappa shape index (κ1) is 26.5. The molecule has 0 saturated heterocycles. The molecule has 0 atom stereocenters. The molecule has 0 spiro atoms. The Labute approximate surface area is 182 Å². The van der Waals surface area contributed by atoms with Crippen molar-refractivity contribution in [2.45, 2.75) is 89.5 Å². The number of nitrogens with one attached hydrogen (secondary N) is 2. The van der Waals surface area contributed by atoms with E-state index in [-0.39, 0.29) is 5.91 Å². The van der Waals surface area contributed by atoms with Crippen molar-refractivity contribution in [3.05, 3.63) is 0 Å². The maximum Gasteiger partial charge on any atom is 0.408 e. The van der Waals surface area contributed by atoms with Crippen molar-refractivity contribution >= 4 is 24.1 Å². The lowest BCUT2D eigenvalue weighted by molar-refractivity contribution is -0.172. The lowest BCUT2D eigenvalue weighted by atomic mass is 10.2. The molecule has 2 rings (SSSR count). The number of hydroxylamine groups is 2. The van der Waals surface area contributed by atoms with Gasteiger partial charge in [-0.2, -0.15) is 0 Å². The third-order valence-electron chi connectivity index (χ3n) is 4.36. The van der Waals surface area contributed by atoms with E-state index in [0.29, 0.717) is 25.7 Å². The number of alkyl carbamates (subject to hydrolysis) is 2. The third-order valence-corrected chi connectivity index (χ3v) is 4.36. The molecule has 31 heavy (non-hydrogen) atoms. The SMILES string of the molecule is CC(C)(C)OC(=O)NC1(C(=O)O)CC1.CON(C)C(=O)C1(NC(=O)OC(C)(C)C)CC1. The summed E-state index contributed by atoms with van der Waals surface area (Å²) in [5.74, 6) is -1.26. The zero-order valence-corrected chi connectivity index (χ0v) is 19.6. The molecule has 2 saturated carbocycles. The lowest BCUT2D eigenvalue weighted by Crippen LogP contribution is -2.50. The number of hydrogen-bond donors (Lipinski definition) is 3. The Bertz CT molecular complexity index is 700. The molecule has 2 fully saturated rings. The molecule has 2 aliphatic carbocycles. The van der Waals surface area contributed by atoms with Crippen LogP contribution in [0.5, 0.6) is 0 Å². The molecular formula is C20H35N3O8. The first-order valence-corrected chi connectivity index (χ1v) is 10.0. The molecule has 0 heterocycles. The minimum Gasteiger partial charge on any atom is -0.480 e. The van der Waals surface area contributed by atoms with Gasteiger partial charge in [-0.1, -0.05) is 0 Å². The van der Waals surface area contributed by atoms with E-state index in [9.17, 15) is 19.2 Å². The Morgan fingerprint density at radius 2 is 1.16 bits per heavy atom. The summed E-state index contributed by atoms with van der Waals surface area (Å²) in [5.41, 5.74) is -3.08. The topological polar surface area (TPSA) is 143 Å². The molecule has 3 amide bonds. The molecular weight excluding hydrogens is 410 g/mol. The maximum atomic E-state index is 11.9. The Morgan fingerprint density at radius 1 is 0.806 bits per heavy atom. The number of hydrogen-bond acceptors (Lipinski definition) is 7. The second-order valence-corrected chi connectivity index (χ2v) is 9.71. The zero-order chi connectivity index (χ0) is 24.3. The van der Waals surface area contributed by atoms with Crippen LogP contribution in [-0.2, 0) is 23.9 Å². The van der Waals surface area contributed by atoms with Crippen LogP contribution >= 0.6 is 0 Å². The van der Waals surface area contributed by atoms with Crippen LogP contribution in [0.1, 0.15) is 67.2 Å². The van der Waals surface area contributed by atoms with Gasteiger partial charge in [-0.05, 0) is 67.2 Å². The number of rotatable bonds is 5. The molecule has 11 heteroatoms. The van der Waals surface area contributed by atoms with Crippen LogP contribution in [0.25, 0.3) is 0 Å². The highest BCUT2D eigenvalue weighted by molar-refractivity contribution is 5.92. The summed E-state index contributed by atoms with van der Waals surface area (Å²) in [5, 5.41) is 14.9. The lowest BCUT2D eigenvalue weighted by Gasteiger charge is -2.25. The van der Waals surface area contributed by atoms with Gasteiger partial charge in [0.2, 0.25) is 0 Å². The van der Waals surface area contributed by atoms with Crippen molar-refractivity contribution in [1.82, 2.24) is 15.7 Å². The van der Waals surface area contributed by atoms with Crippen LogP contribution in [0, 0.1) is 0 Å². The largest absolute Gasteiger partial charge is 0.480 e. The Kier molecular flexibility index (Phi) is 7.93. The summed E-state index contributed by atoms with van der Waals surface area (Å²) < 4.78 is 10.1. The number of carbonyl (C=O) groups is 4. The van der Waals surface area contributed by atoms with Gasteiger partial charge < -0.3 is 25.2 Å². The molecule has 0 aliphatic heterocycles. The van der Waals surface area contributed by atoms with Crippen molar-refractivity contribution in [2.75, 3.05) is 14.2 Å². The standard InChI is InChI=1S/C11H20N2O4.C9H15NO4/c1-10(2,3)17-9(15)12-11(6-7-11)8(14)13(4)16-5;1-8(2,3)14-7(13)10-9(4-5-9)6(11)12/h6-7H2,1-5H3,(H,12,15);4-5H2,1-3H3,(H,10,13)(H,11,12). The van der Waals surface area contributed by atoms with Gasteiger partial charge in [0.25, 0.3) is 5.91 Å². The number of likely N-dealkylation sites (N-methyl/N-ethyl adjacent to an activating group) is 1. The number of ether oxygens (including phenoxy) is 2. The van der Waals surface area contributed by atoms with E-state index in [1.54, 1.807) is 41.5 Å². The molecule has 0 unspecified atom stereocenters. The normalized spacial score (nSPS) is 17.8. The van der Waals surface area contributed by atoms with Crippen molar-refractivity contribution in [2.24, 2.45) is 0 Å². The zero-order valence-electron chi connectivity index (χ0n) is 19.6. The van der Waals surface area contributed by atoms with Gasteiger partial charge in [-0.3, -0.25) is 9.63 Å². The quantitative estimate of drug-likeness (QED) is 0.546. The summed E-state index contributed by atoms with van der Waals surface area (Å²) in [4.78, 5) is 50.2. The van der Waals surface area contributed by atoms with Gasteiger partial charge in [0.1, 0.15) is 22.3 Å². The second-order valence-electron chi connectivity index (χ2n) is 9.71. The fraction of sp³-hybridized carbons (Fsp3) is 0.800. The molecule has 11 nitrogen and oxygen atoms in total. The number of nitrogens with zero attached hydrogens (tertiary/aromatic N) is 1. The molecule has 0 bridgehead atoms. The number of aliphatic carboxylic acids is 1. The van der Waals surface area contributed by atoms with E-state index in [0.717, 1.165) is 5.06 Å². The Morgan fingerprint density at radius 3 is 1.42 bits per heavy atom. The minimum atomic E-state index is -1.07. The van der Waals surface area contributed by atoms with Crippen LogP contribution in [-0.4, -0.2) is 70.7 Å². The third kappa shape index (κ3) is 8.60. The smallest absolute Gasteiger partial charge is 0.408 e. The second kappa shape index (κ2) is 9.29. The van der Waals surface area contributed by atoms with Crippen molar-refractivity contribution in [3.8, 4) is 0 Å². The van der Waals surface area contributed by atoms with E-state index < -0.39 is 40.4 Å². The van der Waals surface area contributed by atoms with E-state index in [1.807, 2.05) is 0 Å². The van der Waals surface area contributed by atoms with Crippen molar-refractivity contribution in [1.29, 1.82) is 0 Å². The van der Waals surface area contributed by atoms with Gasteiger partial charge in [-0.15, -0.1) is 0 Å². The van der Waals surface area contributed by atoms with Crippen molar-refractivity contribution < 1.29 is 38.6 Å². The molecule has 2 aliphatic rings. The summed E-state index contributed by atoms with van der Waals surface area (Å²) in [6.07, 6.45) is 0.922. The van der Waals surface area contributed by atoms with Crippen molar-refractivity contribution in [3.63, 3.8) is 0 Å². The summed E-state index contributed by atoms with van der Waals surface area (Å²) >= 11 is 0. The fourth-order valence-corrected chi connectivity index (χ4v) is 2.42. The first-order chi connectivity index (χ1) is 14.0. The van der Waals surface area contributed by atoms with Gasteiger partial charge in [0, 0.05) is 7.05 Å². The molecule has 3 N–H and O–H groups in total. The summed E-state index contributed by atoms with van der Waals surface area (Å²) in [6.45, 7) is 10.5. The summed E-state index contributed by atoms with van der Waals surface area (Å²) in [6, 6.07) is 0. The van der Waals surface area contributed by atoms with Crippen LogP contribution in [0.4, 0.5) is 9.59 Å². The van der Waals surface area contributed by atoms with Gasteiger partial charge in [0.05, 0.1) is 7.11 Å². The first-order valence-electron chi connectivity index (χ1n) is 10.0. The minimum absolute atomic E-state index is 0.258. The van der Waals surface area contributed by atoms with Crippen LogP contribution in [0.15, 0.2) is 0 Å². The fourth-order valence-electron chi connectivity index (χ4n) is 2.42. The van der Waals surface area contributed by atoms with E-state index >= 15 is 0 Å². The predicted molar refractivity (Wildman–Crippen MR) is 110 cm³/mol. The molecule has 178 valence electrons. The summed E-state index contributed by atoms with van der Waals surface area (Å²) in [7, 11) is 2.92. The van der Waals surface area contributed by atoms with E-state index in [2.05, 4.69) is 10.6 Å². The average molecular weight is 446 g/mol. The van der Waals surface area contributed by atoms with E-state index in [1.165, 1.54) is 14.2 Å². The van der Waals surface area contributed by atoms with Gasteiger partial charge in [-0.25, -0.2) is 19.4 Å². The molecule has 0 radical (unpaired) electrons. The Hall–Kier alpha value is -2.56. The number of amides is 3. The predicted octanol–water partition coefficient (Wildman–Crippen LogP) is 2.19.